The van der Waals surface area contributed by atoms with Crippen LogP contribution in [0.15, 0.2) is 46.9 Å². The molecule has 154 valence electrons. The number of ether oxygens (including phenoxy) is 2. The molecule has 0 fully saturated rings. The van der Waals surface area contributed by atoms with Crippen LogP contribution in [0.25, 0.3) is 0 Å². The standard InChI is InChI=1S/C20H22BrN3O4S/c1-24(2)19(26)14-5-4-6-15(11-14)22-20(29)23-18(25)13-7-8-17(16(21)12-13)28-10-9-27-3/h4-8,11-12H,9-10H2,1-3H3,(H2,22,23,25,29). The van der Waals surface area contributed by atoms with Crippen LogP contribution in [0, 0.1) is 0 Å². The Kier molecular flexibility index (Phi) is 8.56. The number of rotatable bonds is 7. The van der Waals surface area contributed by atoms with Crippen molar-refractivity contribution in [3.63, 3.8) is 0 Å². The van der Waals surface area contributed by atoms with Gasteiger partial charge in [-0.25, -0.2) is 0 Å². The van der Waals surface area contributed by atoms with Crippen molar-refractivity contribution in [1.82, 2.24) is 10.2 Å². The van der Waals surface area contributed by atoms with Crippen LogP contribution >= 0.6 is 28.1 Å². The molecule has 0 spiro atoms. The minimum Gasteiger partial charge on any atom is -0.490 e. The molecule has 2 aromatic rings. The van der Waals surface area contributed by atoms with Crippen molar-refractivity contribution in [2.45, 2.75) is 0 Å². The maximum Gasteiger partial charge on any atom is 0.257 e. The van der Waals surface area contributed by atoms with E-state index in [1.165, 1.54) is 4.90 Å². The summed E-state index contributed by atoms with van der Waals surface area (Å²) in [5.41, 5.74) is 1.53. The third-order valence-electron chi connectivity index (χ3n) is 3.74. The molecule has 29 heavy (non-hydrogen) atoms. The molecule has 0 bridgehead atoms. The average Bonchev–Trinajstić information content (AvgIpc) is 2.68. The number of carbonyl (C=O) groups is 2. The van der Waals surface area contributed by atoms with E-state index < -0.39 is 0 Å². The van der Waals surface area contributed by atoms with Crippen LogP contribution in [-0.4, -0.2) is 56.2 Å². The van der Waals surface area contributed by atoms with Crippen LogP contribution < -0.4 is 15.4 Å². The zero-order valence-electron chi connectivity index (χ0n) is 16.3. The Morgan fingerprint density at radius 3 is 2.52 bits per heavy atom. The average molecular weight is 480 g/mol. The van der Waals surface area contributed by atoms with Crippen LogP contribution in [0.2, 0.25) is 0 Å². The number of amides is 2. The van der Waals surface area contributed by atoms with Crippen molar-refractivity contribution in [3.8, 4) is 5.75 Å². The van der Waals surface area contributed by atoms with E-state index in [1.807, 2.05) is 0 Å². The third-order valence-corrected chi connectivity index (χ3v) is 4.56. The van der Waals surface area contributed by atoms with Crippen molar-refractivity contribution in [3.05, 3.63) is 58.1 Å². The van der Waals surface area contributed by atoms with Gasteiger partial charge in [0.25, 0.3) is 11.8 Å². The molecule has 2 N–H and O–H groups in total. The van der Waals surface area contributed by atoms with Gasteiger partial charge in [0.1, 0.15) is 12.4 Å². The quantitative estimate of drug-likeness (QED) is 0.468. The van der Waals surface area contributed by atoms with Gasteiger partial charge in [-0.1, -0.05) is 6.07 Å². The Bertz CT molecular complexity index is 905. The van der Waals surface area contributed by atoms with E-state index >= 15 is 0 Å². The van der Waals surface area contributed by atoms with Crippen molar-refractivity contribution in [1.29, 1.82) is 0 Å². The second-order valence-corrected chi connectivity index (χ2v) is 7.44. The Morgan fingerprint density at radius 2 is 1.86 bits per heavy atom. The maximum atomic E-state index is 12.5. The first kappa shape index (κ1) is 22.8. The second kappa shape index (κ2) is 10.9. The lowest BCUT2D eigenvalue weighted by Gasteiger charge is -2.13. The first-order valence-electron chi connectivity index (χ1n) is 8.67. The fourth-order valence-corrected chi connectivity index (χ4v) is 3.02. The van der Waals surface area contributed by atoms with Crippen molar-refractivity contribution < 1.29 is 19.1 Å². The fourth-order valence-electron chi connectivity index (χ4n) is 2.32. The Hall–Kier alpha value is -2.49. The van der Waals surface area contributed by atoms with Crippen LogP contribution in [0.5, 0.6) is 5.75 Å². The highest BCUT2D eigenvalue weighted by atomic mass is 79.9. The highest BCUT2D eigenvalue weighted by molar-refractivity contribution is 9.10. The molecule has 2 rings (SSSR count). The van der Waals surface area contributed by atoms with Gasteiger partial charge in [-0.3, -0.25) is 14.9 Å². The lowest BCUT2D eigenvalue weighted by Crippen LogP contribution is -2.34. The number of carbonyl (C=O) groups excluding carboxylic acids is 2. The first-order chi connectivity index (χ1) is 13.8. The van der Waals surface area contributed by atoms with Crippen molar-refractivity contribution in [2.75, 3.05) is 39.7 Å². The van der Waals surface area contributed by atoms with Gasteiger partial charge < -0.3 is 19.7 Å². The van der Waals surface area contributed by atoms with Gasteiger partial charge in [-0.2, -0.15) is 0 Å². The van der Waals surface area contributed by atoms with Crippen molar-refractivity contribution in [2.24, 2.45) is 0 Å². The highest BCUT2D eigenvalue weighted by Crippen LogP contribution is 2.26. The highest BCUT2D eigenvalue weighted by Gasteiger charge is 2.12. The van der Waals surface area contributed by atoms with E-state index in [0.29, 0.717) is 40.3 Å². The molecule has 2 aromatic carbocycles. The zero-order chi connectivity index (χ0) is 21.4. The number of hydrogen-bond acceptors (Lipinski definition) is 5. The summed E-state index contributed by atoms with van der Waals surface area (Å²) < 4.78 is 11.1. The third kappa shape index (κ3) is 6.81. The predicted octanol–water partition coefficient (Wildman–Crippen LogP) is 3.30. The summed E-state index contributed by atoms with van der Waals surface area (Å²) in [6.45, 7) is 0.875. The number of nitrogens with zero attached hydrogens (tertiary/aromatic N) is 1. The molecule has 0 aromatic heterocycles. The molecule has 0 radical (unpaired) electrons. The van der Waals surface area contributed by atoms with Gasteiger partial charge in [0.2, 0.25) is 0 Å². The monoisotopic (exact) mass is 479 g/mol. The summed E-state index contributed by atoms with van der Waals surface area (Å²) in [4.78, 5) is 26.0. The molecule has 0 aliphatic rings. The second-order valence-electron chi connectivity index (χ2n) is 6.18. The van der Waals surface area contributed by atoms with Gasteiger partial charge in [0.05, 0.1) is 11.1 Å². The summed E-state index contributed by atoms with van der Waals surface area (Å²) in [6.07, 6.45) is 0. The normalized spacial score (nSPS) is 10.2. The largest absolute Gasteiger partial charge is 0.490 e. The Balaban J connectivity index is 1.99. The Morgan fingerprint density at radius 1 is 1.10 bits per heavy atom. The molecule has 7 nitrogen and oxygen atoms in total. The molecule has 0 saturated heterocycles. The number of hydrogen-bond donors (Lipinski definition) is 2. The molecule has 2 amide bonds. The lowest BCUT2D eigenvalue weighted by atomic mass is 10.2. The molecule has 9 heteroatoms. The van der Waals surface area contributed by atoms with Crippen LogP contribution in [0.1, 0.15) is 20.7 Å². The van der Waals surface area contributed by atoms with E-state index in [4.69, 9.17) is 21.7 Å². The first-order valence-corrected chi connectivity index (χ1v) is 9.87. The molecular formula is C20H22BrN3O4S. The molecule has 0 unspecified atom stereocenters. The number of halogens is 1. The van der Waals surface area contributed by atoms with E-state index in [1.54, 1.807) is 63.7 Å². The van der Waals surface area contributed by atoms with E-state index in [2.05, 4.69) is 26.6 Å². The van der Waals surface area contributed by atoms with Crippen LogP contribution in [0.4, 0.5) is 5.69 Å². The minimum atomic E-state index is -0.368. The SMILES string of the molecule is COCCOc1ccc(C(=O)NC(=S)Nc2cccc(C(=O)N(C)C)c2)cc1Br. The summed E-state index contributed by atoms with van der Waals surface area (Å²) in [6, 6.07) is 11.9. The predicted molar refractivity (Wildman–Crippen MR) is 120 cm³/mol. The lowest BCUT2D eigenvalue weighted by molar-refractivity contribution is 0.0827. The summed E-state index contributed by atoms with van der Waals surface area (Å²) >= 11 is 8.60. The van der Waals surface area contributed by atoms with Gasteiger partial charge in [0.15, 0.2) is 5.11 Å². The molecule has 0 saturated carbocycles. The van der Waals surface area contributed by atoms with E-state index in [-0.39, 0.29) is 16.9 Å². The number of nitrogens with one attached hydrogen (secondary N) is 2. The Labute approximate surface area is 183 Å². The van der Waals surface area contributed by atoms with Crippen LogP contribution in [-0.2, 0) is 4.74 Å². The smallest absolute Gasteiger partial charge is 0.257 e. The van der Waals surface area contributed by atoms with Gasteiger partial charge >= 0.3 is 0 Å². The summed E-state index contributed by atoms with van der Waals surface area (Å²) in [7, 11) is 4.96. The zero-order valence-corrected chi connectivity index (χ0v) is 18.7. The number of benzene rings is 2. The molecule has 0 heterocycles. The van der Waals surface area contributed by atoms with Gasteiger partial charge in [-0.15, -0.1) is 0 Å². The van der Waals surface area contributed by atoms with E-state index in [9.17, 15) is 9.59 Å². The fraction of sp³-hybridized carbons (Fsp3) is 0.250. The number of thiocarbonyl (C=S) groups is 1. The number of anilines is 1. The van der Waals surface area contributed by atoms with Crippen molar-refractivity contribution >= 4 is 50.8 Å². The maximum absolute atomic E-state index is 12.5. The summed E-state index contributed by atoms with van der Waals surface area (Å²) in [5, 5.41) is 5.66. The van der Waals surface area contributed by atoms with Gasteiger partial charge in [0, 0.05) is 38.0 Å². The summed E-state index contributed by atoms with van der Waals surface area (Å²) in [5.74, 6) is 0.120. The molecule has 0 aliphatic carbocycles. The van der Waals surface area contributed by atoms with E-state index in [0.717, 1.165) is 0 Å². The molecule has 0 atom stereocenters. The topological polar surface area (TPSA) is 79.9 Å². The molecule has 0 aliphatic heterocycles. The van der Waals surface area contributed by atoms with Crippen LogP contribution in [0.3, 0.4) is 0 Å². The van der Waals surface area contributed by atoms with Gasteiger partial charge in [-0.05, 0) is 64.5 Å². The molecular weight excluding hydrogens is 458 g/mol. The number of methoxy groups -OCH3 is 1. The minimum absolute atomic E-state index is 0.124.